The number of rotatable bonds is 6. The Kier molecular flexibility index (Phi) is 5.09. The molecule has 5 nitrogen and oxygen atoms in total. The van der Waals surface area contributed by atoms with E-state index in [1.807, 2.05) is 24.3 Å². The van der Waals surface area contributed by atoms with Gasteiger partial charge in [-0.25, -0.2) is 4.98 Å². The Morgan fingerprint density at radius 1 is 1.15 bits per heavy atom. The minimum Gasteiger partial charge on any atom is -0.493 e. The van der Waals surface area contributed by atoms with Crippen molar-refractivity contribution in [1.82, 2.24) is 14.9 Å². The van der Waals surface area contributed by atoms with Crippen molar-refractivity contribution in [2.24, 2.45) is 0 Å². The van der Waals surface area contributed by atoms with E-state index in [-0.39, 0.29) is 0 Å². The van der Waals surface area contributed by atoms with Gasteiger partial charge in [-0.1, -0.05) is 11.6 Å². The molecule has 2 aromatic heterocycles. The minimum absolute atomic E-state index is 0.587. The monoisotopic (exact) mass is 371 g/mol. The molecule has 136 valence electrons. The summed E-state index contributed by atoms with van der Waals surface area (Å²) < 4.78 is 11.5. The Bertz CT molecular complexity index is 926. The molecule has 26 heavy (non-hydrogen) atoms. The Labute approximate surface area is 157 Å². The molecule has 0 spiro atoms. The van der Waals surface area contributed by atoms with Crippen LogP contribution in [0, 0.1) is 0 Å². The van der Waals surface area contributed by atoms with Gasteiger partial charge >= 0.3 is 0 Å². The first-order valence-corrected chi connectivity index (χ1v) is 9.41. The van der Waals surface area contributed by atoms with Gasteiger partial charge in [-0.15, -0.1) is 0 Å². The zero-order chi connectivity index (χ0) is 17.9. The molecule has 6 heteroatoms. The lowest BCUT2D eigenvalue weighted by molar-refractivity contribution is 0.254. The average Bonchev–Trinajstić information content (AvgIpc) is 3.18. The van der Waals surface area contributed by atoms with Crippen LogP contribution in [-0.2, 0) is 0 Å². The summed E-state index contributed by atoms with van der Waals surface area (Å²) in [6, 6.07) is 7.56. The topological polar surface area (TPSA) is 47.5 Å². The van der Waals surface area contributed by atoms with Crippen molar-refractivity contribution in [2.45, 2.75) is 19.3 Å². The maximum atomic E-state index is 6.55. The van der Waals surface area contributed by atoms with Crippen molar-refractivity contribution >= 4 is 33.5 Å². The third kappa shape index (κ3) is 3.41. The highest BCUT2D eigenvalue weighted by atomic mass is 35.5. The van der Waals surface area contributed by atoms with Crippen LogP contribution in [0.3, 0.4) is 0 Å². The summed E-state index contributed by atoms with van der Waals surface area (Å²) in [6.07, 6.45) is 5.34. The summed E-state index contributed by atoms with van der Waals surface area (Å²) >= 11 is 6.55. The number of hydrogen-bond acceptors (Lipinski definition) is 5. The number of pyridine rings is 2. The molecule has 0 aliphatic carbocycles. The molecule has 1 aromatic carbocycles. The van der Waals surface area contributed by atoms with E-state index in [0.717, 1.165) is 29.4 Å². The van der Waals surface area contributed by atoms with E-state index in [1.54, 1.807) is 13.3 Å². The lowest BCUT2D eigenvalue weighted by Gasteiger charge is -2.16. The lowest BCUT2D eigenvalue weighted by atomic mass is 10.1. The van der Waals surface area contributed by atoms with Crippen LogP contribution in [0.2, 0.25) is 5.02 Å². The van der Waals surface area contributed by atoms with E-state index < -0.39 is 0 Å². The summed E-state index contributed by atoms with van der Waals surface area (Å²) in [5.74, 6) is 1.37. The van der Waals surface area contributed by atoms with E-state index in [0.29, 0.717) is 28.6 Å². The van der Waals surface area contributed by atoms with Crippen LogP contribution in [0.4, 0.5) is 0 Å². The van der Waals surface area contributed by atoms with E-state index in [2.05, 4.69) is 14.9 Å². The van der Waals surface area contributed by atoms with Gasteiger partial charge in [-0.05, 0) is 50.6 Å². The Morgan fingerprint density at radius 2 is 2.00 bits per heavy atom. The molecule has 0 radical (unpaired) electrons. The van der Waals surface area contributed by atoms with Crippen LogP contribution in [0.25, 0.3) is 21.9 Å². The summed E-state index contributed by atoms with van der Waals surface area (Å²) in [6.45, 7) is 4.16. The molecule has 1 aliphatic rings. The van der Waals surface area contributed by atoms with Crippen molar-refractivity contribution in [3.8, 4) is 11.5 Å². The van der Waals surface area contributed by atoms with E-state index in [1.165, 1.54) is 25.9 Å². The van der Waals surface area contributed by atoms with Crippen molar-refractivity contribution in [2.75, 3.05) is 33.4 Å². The van der Waals surface area contributed by atoms with E-state index >= 15 is 0 Å². The van der Waals surface area contributed by atoms with Crippen LogP contribution in [0.5, 0.6) is 11.5 Å². The van der Waals surface area contributed by atoms with Gasteiger partial charge in [0.25, 0.3) is 0 Å². The highest BCUT2D eigenvalue weighted by molar-refractivity contribution is 6.39. The van der Waals surface area contributed by atoms with Gasteiger partial charge in [0.1, 0.15) is 5.52 Å². The second-order valence-corrected chi connectivity index (χ2v) is 6.95. The normalized spacial score (nSPS) is 15.0. The van der Waals surface area contributed by atoms with Crippen molar-refractivity contribution < 1.29 is 9.47 Å². The molecule has 3 aromatic rings. The van der Waals surface area contributed by atoms with E-state index in [9.17, 15) is 0 Å². The number of aromatic nitrogens is 2. The standard InChI is InChI=1S/C20H22ClN3O2/c1-25-17-12-14-16(23-15-6-4-7-22-20(15)19(14)21)13-18(17)26-11-5-10-24-8-2-3-9-24/h4,6-7,12-13H,2-3,5,8-11H2,1H3. The number of methoxy groups -OCH3 is 1. The summed E-state index contributed by atoms with van der Waals surface area (Å²) in [7, 11) is 1.64. The van der Waals surface area contributed by atoms with Crippen LogP contribution in [0.1, 0.15) is 19.3 Å². The van der Waals surface area contributed by atoms with Crippen LogP contribution >= 0.6 is 11.6 Å². The molecular weight excluding hydrogens is 350 g/mol. The Balaban J connectivity index is 1.58. The summed E-state index contributed by atoms with van der Waals surface area (Å²) in [5, 5.41) is 1.41. The maximum absolute atomic E-state index is 6.55. The molecule has 0 N–H and O–H groups in total. The third-order valence-corrected chi connectivity index (χ3v) is 5.21. The summed E-state index contributed by atoms with van der Waals surface area (Å²) in [5.41, 5.74) is 2.25. The largest absolute Gasteiger partial charge is 0.493 e. The van der Waals surface area contributed by atoms with E-state index in [4.69, 9.17) is 21.1 Å². The molecule has 1 aliphatic heterocycles. The SMILES string of the molecule is COc1cc2c(Cl)c3ncccc3nc2cc1OCCCN1CCCC1. The molecule has 0 saturated carbocycles. The van der Waals surface area contributed by atoms with Gasteiger partial charge in [-0.2, -0.15) is 0 Å². The highest BCUT2D eigenvalue weighted by Gasteiger charge is 2.14. The predicted octanol–water partition coefficient (Wildman–Crippen LogP) is 4.31. The average molecular weight is 372 g/mol. The highest BCUT2D eigenvalue weighted by Crippen LogP contribution is 2.37. The number of nitrogens with zero attached hydrogens (tertiary/aromatic N) is 3. The second kappa shape index (κ2) is 7.64. The fourth-order valence-electron chi connectivity index (χ4n) is 3.48. The molecule has 0 bridgehead atoms. The van der Waals surface area contributed by atoms with Crippen LogP contribution in [-0.4, -0.2) is 48.2 Å². The zero-order valence-corrected chi connectivity index (χ0v) is 15.6. The van der Waals surface area contributed by atoms with Crippen molar-refractivity contribution in [3.63, 3.8) is 0 Å². The van der Waals surface area contributed by atoms with Gasteiger partial charge in [0.2, 0.25) is 0 Å². The second-order valence-electron chi connectivity index (χ2n) is 6.57. The summed E-state index contributed by atoms with van der Waals surface area (Å²) in [4.78, 5) is 11.5. The fraction of sp³-hybridized carbons (Fsp3) is 0.400. The zero-order valence-electron chi connectivity index (χ0n) is 14.9. The first-order chi connectivity index (χ1) is 12.8. The number of halogens is 1. The minimum atomic E-state index is 0.587. The number of hydrogen-bond donors (Lipinski definition) is 0. The molecule has 0 amide bonds. The maximum Gasteiger partial charge on any atom is 0.163 e. The third-order valence-electron chi connectivity index (χ3n) is 4.83. The molecule has 0 atom stereocenters. The Hall–Kier alpha value is -2.11. The first-order valence-electron chi connectivity index (χ1n) is 9.03. The van der Waals surface area contributed by atoms with Gasteiger partial charge in [0.15, 0.2) is 11.5 Å². The molecule has 1 saturated heterocycles. The number of ether oxygens (including phenoxy) is 2. The number of fused-ring (bicyclic) bond motifs is 2. The van der Waals surface area contributed by atoms with Crippen molar-refractivity contribution in [3.05, 3.63) is 35.5 Å². The molecule has 3 heterocycles. The van der Waals surface area contributed by atoms with Crippen LogP contribution < -0.4 is 9.47 Å². The van der Waals surface area contributed by atoms with Gasteiger partial charge in [-0.3, -0.25) is 4.98 Å². The quantitative estimate of drug-likeness (QED) is 0.477. The predicted molar refractivity (Wildman–Crippen MR) is 104 cm³/mol. The molecule has 1 fully saturated rings. The fourth-order valence-corrected chi connectivity index (χ4v) is 3.78. The molecule has 0 unspecified atom stereocenters. The van der Waals surface area contributed by atoms with Crippen molar-refractivity contribution in [1.29, 1.82) is 0 Å². The van der Waals surface area contributed by atoms with Crippen LogP contribution in [0.15, 0.2) is 30.5 Å². The lowest BCUT2D eigenvalue weighted by Crippen LogP contribution is -2.21. The molecular formula is C20H22ClN3O2. The van der Waals surface area contributed by atoms with Gasteiger partial charge < -0.3 is 14.4 Å². The molecule has 4 rings (SSSR count). The van der Waals surface area contributed by atoms with Gasteiger partial charge in [0.05, 0.1) is 29.8 Å². The first kappa shape index (κ1) is 17.3. The smallest absolute Gasteiger partial charge is 0.163 e. The number of benzene rings is 1. The Morgan fingerprint density at radius 3 is 2.81 bits per heavy atom. The number of likely N-dealkylation sites (tertiary alicyclic amines) is 1. The van der Waals surface area contributed by atoms with Gasteiger partial charge in [0, 0.05) is 24.2 Å².